The van der Waals surface area contributed by atoms with Crippen molar-refractivity contribution in [2.24, 2.45) is 0 Å². The lowest BCUT2D eigenvalue weighted by Crippen LogP contribution is -2.41. The number of hydrogen-bond acceptors (Lipinski definition) is 4. The summed E-state index contributed by atoms with van der Waals surface area (Å²) in [5.74, 6) is 1.99. The number of piperidine rings is 1. The second-order valence-corrected chi connectivity index (χ2v) is 6.22. The summed E-state index contributed by atoms with van der Waals surface area (Å²) in [6.07, 6.45) is 7.29. The van der Waals surface area contributed by atoms with Gasteiger partial charge in [-0.2, -0.15) is 0 Å². The molecule has 1 fully saturated rings. The topological polar surface area (TPSA) is 64.2 Å². The van der Waals surface area contributed by atoms with Gasteiger partial charge in [-0.3, -0.25) is 4.79 Å². The molecular weight excluding hydrogens is 292 g/mol. The Hall–Kier alpha value is -2.11. The van der Waals surface area contributed by atoms with Gasteiger partial charge in [0.15, 0.2) is 0 Å². The number of carbonyl (C=O) groups excluding carboxylic acids is 1. The third kappa shape index (κ3) is 3.16. The average molecular weight is 316 g/mol. The molecule has 0 radical (unpaired) electrons. The highest BCUT2D eigenvalue weighted by atomic mass is 16.5. The van der Waals surface area contributed by atoms with Gasteiger partial charge in [0.05, 0.1) is 18.2 Å². The molecule has 6 nitrogen and oxygen atoms in total. The molecule has 124 valence electrons. The molecule has 0 unspecified atom stereocenters. The quantitative estimate of drug-likeness (QED) is 0.869. The van der Waals surface area contributed by atoms with Crippen LogP contribution in [0.15, 0.2) is 16.9 Å². The first kappa shape index (κ1) is 15.8. The van der Waals surface area contributed by atoms with Crippen LogP contribution >= 0.6 is 0 Å². The van der Waals surface area contributed by atoms with Gasteiger partial charge in [-0.25, -0.2) is 4.98 Å². The highest BCUT2D eigenvalue weighted by Crippen LogP contribution is 2.24. The van der Waals surface area contributed by atoms with Crippen molar-refractivity contribution in [1.29, 1.82) is 0 Å². The van der Waals surface area contributed by atoms with Crippen LogP contribution in [0, 0.1) is 13.8 Å². The minimum absolute atomic E-state index is 0.155. The zero-order valence-corrected chi connectivity index (χ0v) is 14.1. The van der Waals surface area contributed by atoms with Crippen LogP contribution in [0.3, 0.4) is 0 Å². The molecule has 3 rings (SSSR count). The van der Waals surface area contributed by atoms with Gasteiger partial charge in [0, 0.05) is 37.5 Å². The predicted octanol–water partition coefficient (Wildman–Crippen LogP) is 2.46. The fraction of sp³-hybridized carbons (Fsp3) is 0.588. The zero-order valence-electron chi connectivity index (χ0n) is 14.1. The summed E-state index contributed by atoms with van der Waals surface area (Å²) in [4.78, 5) is 19.0. The van der Waals surface area contributed by atoms with Gasteiger partial charge in [0.1, 0.15) is 11.6 Å². The summed E-state index contributed by atoms with van der Waals surface area (Å²) in [5, 5.41) is 3.93. The molecule has 0 spiro atoms. The maximum Gasteiger partial charge on any atom is 0.227 e. The lowest BCUT2D eigenvalue weighted by molar-refractivity contribution is -0.132. The Balaban J connectivity index is 1.70. The van der Waals surface area contributed by atoms with Gasteiger partial charge in [-0.05, 0) is 26.7 Å². The molecule has 2 aromatic heterocycles. The molecule has 0 aliphatic carbocycles. The number of carbonyl (C=O) groups is 1. The lowest BCUT2D eigenvalue weighted by atomic mass is 10.0. The highest BCUT2D eigenvalue weighted by molar-refractivity contribution is 5.79. The van der Waals surface area contributed by atoms with E-state index in [2.05, 4.69) is 21.6 Å². The number of likely N-dealkylation sites (tertiary alicyclic amines) is 1. The second-order valence-electron chi connectivity index (χ2n) is 6.22. The Morgan fingerprint density at radius 1 is 1.43 bits per heavy atom. The van der Waals surface area contributed by atoms with Crippen molar-refractivity contribution in [3.8, 4) is 0 Å². The van der Waals surface area contributed by atoms with E-state index in [0.717, 1.165) is 55.2 Å². The fourth-order valence-corrected chi connectivity index (χ4v) is 3.38. The zero-order chi connectivity index (χ0) is 16.4. The van der Waals surface area contributed by atoms with Crippen LogP contribution in [-0.2, 0) is 17.6 Å². The Bertz CT molecular complexity index is 669. The van der Waals surface area contributed by atoms with Crippen molar-refractivity contribution >= 4 is 5.91 Å². The molecule has 2 aromatic rings. The van der Waals surface area contributed by atoms with Crippen LogP contribution in [0.5, 0.6) is 0 Å². The Labute approximate surface area is 136 Å². The smallest absolute Gasteiger partial charge is 0.227 e. The normalized spacial score (nSPS) is 18.4. The van der Waals surface area contributed by atoms with E-state index in [0.29, 0.717) is 12.5 Å². The number of aryl methyl sites for hydroxylation is 3. The molecule has 1 atom stereocenters. The molecular formula is C17H24N4O2. The molecule has 0 saturated carbocycles. The van der Waals surface area contributed by atoms with E-state index in [1.54, 1.807) is 0 Å². The first-order valence-corrected chi connectivity index (χ1v) is 8.31. The summed E-state index contributed by atoms with van der Waals surface area (Å²) in [5.41, 5.74) is 1.74. The number of imidazole rings is 1. The van der Waals surface area contributed by atoms with Gasteiger partial charge in [-0.15, -0.1) is 0 Å². The van der Waals surface area contributed by atoms with E-state index in [1.807, 2.05) is 31.1 Å². The molecule has 1 aliphatic heterocycles. The van der Waals surface area contributed by atoms with Gasteiger partial charge < -0.3 is 14.0 Å². The van der Waals surface area contributed by atoms with Crippen molar-refractivity contribution in [3.63, 3.8) is 0 Å². The van der Waals surface area contributed by atoms with Gasteiger partial charge >= 0.3 is 0 Å². The second kappa shape index (κ2) is 6.56. The molecule has 6 heteroatoms. The molecule has 3 heterocycles. The van der Waals surface area contributed by atoms with E-state index in [1.165, 1.54) is 0 Å². The minimum Gasteiger partial charge on any atom is -0.361 e. The Morgan fingerprint density at radius 2 is 2.26 bits per heavy atom. The van der Waals surface area contributed by atoms with Crippen LogP contribution in [0.4, 0.5) is 0 Å². The fourth-order valence-electron chi connectivity index (χ4n) is 3.38. The summed E-state index contributed by atoms with van der Waals surface area (Å²) in [7, 11) is 0. The third-order valence-corrected chi connectivity index (χ3v) is 4.72. The van der Waals surface area contributed by atoms with Crippen molar-refractivity contribution in [3.05, 3.63) is 35.2 Å². The number of aromatic nitrogens is 3. The van der Waals surface area contributed by atoms with E-state index >= 15 is 0 Å². The van der Waals surface area contributed by atoms with Crippen molar-refractivity contribution < 1.29 is 9.32 Å². The first-order chi connectivity index (χ1) is 11.1. The lowest BCUT2D eigenvalue weighted by Gasteiger charge is -2.34. The van der Waals surface area contributed by atoms with E-state index in [-0.39, 0.29) is 5.91 Å². The summed E-state index contributed by atoms with van der Waals surface area (Å²) >= 11 is 0. The van der Waals surface area contributed by atoms with Crippen LogP contribution in [-0.4, -0.2) is 38.6 Å². The van der Waals surface area contributed by atoms with Gasteiger partial charge in [-0.1, -0.05) is 12.1 Å². The van der Waals surface area contributed by atoms with E-state index in [4.69, 9.17) is 4.52 Å². The third-order valence-electron chi connectivity index (χ3n) is 4.72. The molecule has 1 saturated heterocycles. The first-order valence-electron chi connectivity index (χ1n) is 8.31. The maximum absolute atomic E-state index is 12.7. The van der Waals surface area contributed by atoms with E-state index in [9.17, 15) is 4.79 Å². The molecule has 1 amide bonds. The van der Waals surface area contributed by atoms with E-state index < -0.39 is 0 Å². The minimum atomic E-state index is 0.155. The molecule has 0 bridgehead atoms. The molecule has 0 N–H and O–H groups in total. The maximum atomic E-state index is 12.7. The number of nitrogens with zero attached hydrogens (tertiary/aromatic N) is 4. The Kier molecular flexibility index (Phi) is 4.50. The number of amides is 1. The summed E-state index contributed by atoms with van der Waals surface area (Å²) in [6.45, 7) is 7.44. The SMILES string of the molecule is CCc1nccn1[C@H]1CCCN(C(=O)Cc2c(C)noc2C)C1. The largest absolute Gasteiger partial charge is 0.361 e. The average Bonchev–Trinajstić information content (AvgIpc) is 3.16. The number of rotatable bonds is 4. The molecule has 23 heavy (non-hydrogen) atoms. The van der Waals surface area contributed by atoms with Gasteiger partial charge in [0.25, 0.3) is 0 Å². The van der Waals surface area contributed by atoms with Crippen LogP contribution in [0.1, 0.15) is 48.6 Å². The van der Waals surface area contributed by atoms with Crippen LogP contribution in [0.2, 0.25) is 0 Å². The van der Waals surface area contributed by atoms with Gasteiger partial charge in [0.2, 0.25) is 5.91 Å². The van der Waals surface area contributed by atoms with Crippen molar-refractivity contribution in [1.82, 2.24) is 19.6 Å². The predicted molar refractivity (Wildman–Crippen MR) is 86.1 cm³/mol. The monoisotopic (exact) mass is 316 g/mol. The number of hydrogen-bond donors (Lipinski definition) is 0. The standard InChI is InChI=1S/C17H24N4O2/c1-4-16-18-7-9-21(16)14-6-5-8-20(11-14)17(22)10-15-12(2)19-23-13(15)3/h7,9,14H,4-6,8,10-11H2,1-3H3/t14-/m0/s1. The van der Waals surface area contributed by atoms with Crippen LogP contribution in [0.25, 0.3) is 0 Å². The van der Waals surface area contributed by atoms with Crippen molar-refractivity contribution in [2.75, 3.05) is 13.1 Å². The van der Waals surface area contributed by atoms with Crippen molar-refractivity contribution in [2.45, 2.75) is 52.5 Å². The van der Waals surface area contributed by atoms with Crippen LogP contribution < -0.4 is 0 Å². The molecule has 0 aromatic carbocycles. The Morgan fingerprint density at radius 3 is 2.96 bits per heavy atom. The highest BCUT2D eigenvalue weighted by Gasteiger charge is 2.26. The molecule has 1 aliphatic rings. The summed E-state index contributed by atoms with van der Waals surface area (Å²) < 4.78 is 7.39. The summed E-state index contributed by atoms with van der Waals surface area (Å²) in [6, 6.07) is 0.329.